The summed E-state index contributed by atoms with van der Waals surface area (Å²) in [5.41, 5.74) is 1.29. The number of amides is 1. The summed E-state index contributed by atoms with van der Waals surface area (Å²) in [6, 6.07) is 19.9. The zero-order valence-electron chi connectivity index (χ0n) is 12.4. The largest absolute Gasteiger partial charge is 0.484 e. The van der Waals surface area contributed by atoms with Gasteiger partial charge < -0.3 is 9.64 Å². The zero-order valence-corrected chi connectivity index (χ0v) is 13.2. The van der Waals surface area contributed by atoms with Gasteiger partial charge in [0, 0.05) is 24.1 Å². The van der Waals surface area contributed by atoms with Gasteiger partial charge in [-0.15, -0.1) is 0 Å². The predicted molar refractivity (Wildman–Crippen MR) is 90.2 cm³/mol. The van der Waals surface area contributed by atoms with E-state index >= 15 is 0 Å². The van der Waals surface area contributed by atoms with Gasteiger partial charge in [0.25, 0.3) is 5.91 Å². The summed E-state index contributed by atoms with van der Waals surface area (Å²) in [6.07, 6.45) is 0. The number of hydrogen-bond donors (Lipinski definition) is 0. The summed E-state index contributed by atoms with van der Waals surface area (Å²) < 4.78 is 5.56. The number of para-hydroxylation sites is 1. The van der Waals surface area contributed by atoms with Crippen molar-refractivity contribution in [3.63, 3.8) is 0 Å². The molecule has 1 saturated heterocycles. The van der Waals surface area contributed by atoms with Crippen LogP contribution in [0.1, 0.15) is 10.8 Å². The van der Waals surface area contributed by atoms with E-state index in [1.165, 1.54) is 5.56 Å². The second kappa shape index (κ2) is 7.36. The van der Waals surface area contributed by atoms with Crippen LogP contribution < -0.4 is 4.74 Å². The summed E-state index contributed by atoms with van der Waals surface area (Å²) >= 11 is 1.92. The van der Waals surface area contributed by atoms with E-state index in [2.05, 4.69) is 24.3 Å². The molecule has 0 aliphatic carbocycles. The first-order chi connectivity index (χ1) is 10.8. The topological polar surface area (TPSA) is 29.5 Å². The molecular formula is C18H19NO2S. The summed E-state index contributed by atoms with van der Waals surface area (Å²) in [5, 5.41) is 0.357. The molecule has 1 fully saturated rings. The summed E-state index contributed by atoms with van der Waals surface area (Å²) in [6.45, 7) is 1.66. The van der Waals surface area contributed by atoms with Crippen molar-refractivity contribution in [3.8, 4) is 5.75 Å². The number of rotatable bonds is 4. The Kier molecular flexibility index (Phi) is 5.01. The van der Waals surface area contributed by atoms with Crippen LogP contribution in [0, 0.1) is 0 Å². The van der Waals surface area contributed by atoms with Crippen molar-refractivity contribution in [2.45, 2.75) is 5.25 Å². The van der Waals surface area contributed by atoms with Gasteiger partial charge in [-0.1, -0.05) is 48.5 Å². The van der Waals surface area contributed by atoms with Crippen molar-refractivity contribution in [1.29, 1.82) is 0 Å². The Hall–Kier alpha value is -1.94. The Morgan fingerprint density at radius 1 is 1.09 bits per heavy atom. The van der Waals surface area contributed by atoms with Gasteiger partial charge in [0.15, 0.2) is 6.61 Å². The van der Waals surface area contributed by atoms with Gasteiger partial charge in [-0.25, -0.2) is 0 Å². The van der Waals surface area contributed by atoms with E-state index in [4.69, 9.17) is 4.74 Å². The van der Waals surface area contributed by atoms with Gasteiger partial charge >= 0.3 is 0 Å². The van der Waals surface area contributed by atoms with Gasteiger partial charge in [0.05, 0.1) is 0 Å². The molecule has 1 aliphatic rings. The minimum absolute atomic E-state index is 0.0603. The molecule has 0 spiro atoms. The second-order valence-corrected chi connectivity index (χ2v) is 6.52. The number of benzene rings is 2. The summed E-state index contributed by atoms with van der Waals surface area (Å²) in [7, 11) is 0. The van der Waals surface area contributed by atoms with Crippen molar-refractivity contribution in [2.75, 3.05) is 25.4 Å². The first-order valence-corrected chi connectivity index (χ1v) is 8.50. The van der Waals surface area contributed by atoms with Crippen molar-refractivity contribution < 1.29 is 9.53 Å². The Labute approximate surface area is 135 Å². The van der Waals surface area contributed by atoms with Gasteiger partial charge in [-0.2, -0.15) is 11.8 Å². The molecule has 3 rings (SSSR count). The molecule has 1 amide bonds. The SMILES string of the molecule is O=C(COc1ccccc1)N1CCSC(c2ccccc2)C1. The zero-order chi connectivity index (χ0) is 15.2. The molecule has 4 heteroatoms. The van der Waals surface area contributed by atoms with Crippen molar-refractivity contribution >= 4 is 17.7 Å². The number of thioether (sulfide) groups is 1. The first-order valence-electron chi connectivity index (χ1n) is 7.45. The van der Waals surface area contributed by atoms with Crippen LogP contribution in [0.25, 0.3) is 0 Å². The lowest BCUT2D eigenvalue weighted by atomic mass is 10.1. The van der Waals surface area contributed by atoms with Gasteiger partial charge in [-0.3, -0.25) is 4.79 Å². The first kappa shape index (κ1) is 15.0. The van der Waals surface area contributed by atoms with E-state index in [1.807, 2.05) is 53.1 Å². The molecule has 0 radical (unpaired) electrons. The Morgan fingerprint density at radius 3 is 2.50 bits per heavy atom. The number of carbonyl (C=O) groups excluding carboxylic acids is 1. The second-order valence-electron chi connectivity index (χ2n) is 5.21. The van der Waals surface area contributed by atoms with Gasteiger partial charge in [-0.05, 0) is 17.7 Å². The highest BCUT2D eigenvalue weighted by molar-refractivity contribution is 7.99. The van der Waals surface area contributed by atoms with E-state index in [0.717, 1.165) is 24.6 Å². The molecule has 22 heavy (non-hydrogen) atoms. The van der Waals surface area contributed by atoms with Crippen molar-refractivity contribution in [1.82, 2.24) is 4.90 Å². The Morgan fingerprint density at radius 2 is 1.77 bits per heavy atom. The van der Waals surface area contributed by atoms with Crippen LogP contribution >= 0.6 is 11.8 Å². The highest BCUT2D eigenvalue weighted by atomic mass is 32.2. The standard InChI is InChI=1S/C18H19NO2S/c20-18(14-21-16-9-5-2-6-10-16)19-11-12-22-17(13-19)15-7-3-1-4-8-15/h1-10,17H,11-14H2. The average Bonchev–Trinajstić information content (AvgIpc) is 2.61. The van der Waals surface area contributed by atoms with Crippen LogP contribution in [-0.2, 0) is 4.79 Å². The third-order valence-corrected chi connectivity index (χ3v) is 4.94. The lowest BCUT2D eigenvalue weighted by Gasteiger charge is -2.32. The minimum atomic E-state index is 0.0603. The lowest BCUT2D eigenvalue weighted by Crippen LogP contribution is -2.41. The summed E-state index contributed by atoms with van der Waals surface area (Å²) in [4.78, 5) is 14.3. The third-order valence-electron chi connectivity index (χ3n) is 3.70. The van der Waals surface area contributed by atoms with E-state index in [1.54, 1.807) is 0 Å². The molecular weight excluding hydrogens is 294 g/mol. The van der Waals surface area contributed by atoms with Crippen LogP contribution in [-0.4, -0.2) is 36.3 Å². The molecule has 2 aromatic carbocycles. The minimum Gasteiger partial charge on any atom is -0.484 e. The molecule has 1 unspecified atom stereocenters. The molecule has 1 atom stereocenters. The molecule has 0 bridgehead atoms. The maximum Gasteiger partial charge on any atom is 0.260 e. The Balaban J connectivity index is 1.56. The monoisotopic (exact) mass is 313 g/mol. The number of ether oxygens (including phenoxy) is 1. The maximum atomic E-state index is 12.3. The number of nitrogens with zero attached hydrogens (tertiary/aromatic N) is 1. The van der Waals surface area contributed by atoms with Crippen molar-refractivity contribution in [2.24, 2.45) is 0 Å². The number of hydrogen-bond acceptors (Lipinski definition) is 3. The van der Waals surface area contributed by atoms with Crippen LogP contribution in [0.3, 0.4) is 0 Å². The quantitative estimate of drug-likeness (QED) is 0.866. The fourth-order valence-corrected chi connectivity index (χ4v) is 3.74. The van der Waals surface area contributed by atoms with Gasteiger partial charge in [0.2, 0.25) is 0 Å². The van der Waals surface area contributed by atoms with E-state index in [0.29, 0.717) is 5.25 Å². The molecule has 0 N–H and O–H groups in total. The van der Waals surface area contributed by atoms with Crippen LogP contribution in [0.2, 0.25) is 0 Å². The molecule has 1 heterocycles. The molecule has 2 aromatic rings. The lowest BCUT2D eigenvalue weighted by molar-refractivity contribution is -0.133. The normalized spacial score (nSPS) is 18.0. The average molecular weight is 313 g/mol. The van der Waals surface area contributed by atoms with Crippen LogP contribution in [0.4, 0.5) is 0 Å². The van der Waals surface area contributed by atoms with Crippen molar-refractivity contribution in [3.05, 3.63) is 66.2 Å². The Bertz CT molecular complexity index is 603. The molecule has 114 valence electrons. The van der Waals surface area contributed by atoms with Crippen LogP contribution in [0.5, 0.6) is 5.75 Å². The fraction of sp³-hybridized carbons (Fsp3) is 0.278. The highest BCUT2D eigenvalue weighted by Gasteiger charge is 2.25. The van der Waals surface area contributed by atoms with Gasteiger partial charge in [0.1, 0.15) is 5.75 Å². The highest BCUT2D eigenvalue weighted by Crippen LogP contribution is 2.32. The third kappa shape index (κ3) is 3.83. The summed E-state index contributed by atoms with van der Waals surface area (Å²) in [5.74, 6) is 1.77. The molecule has 3 nitrogen and oxygen atoms in total. The van der Waals surface area contributed by atoms with E-state index in [9.17, 15) is 4.79 Å². The number of carbonyl (C=O) groups is 1. The molecule has 0 saturated carbocycles. The van der Waals surface area contributed by atoms with E-state index in [-0.39, 0.29) is 12.5 Å². The fourth-order valence-electron chi connectivity index (χ4n) is 2.50. The predicted octanol–water partition coefficient (Wildman–Crippen LogP) is 3.38. The molecule has 1 aliphatic heterocycles. The van der Waals surface area contributed by atoms with Crippen LogP contribution in [0.15, 0.2) is 60.7 Å². The molecule has 0 aromatic heterocycles. The maximum absolute atomic E-state index is 12.3. The van der Waals surface area contributed by atoms with E-state index < -0.39 is 0 Å². The smallest absolute Gasteiger partial charge is 0.260 e.